The van der Waals surface area contributed by atoms with E-state index in [2.05, 4.69) is 0 Å². The van der Waals surface area contributed by atoms with Gasteiger partial charge in [0.25, 0.3) is 0 Å². The molecule has 0 aliphatic heterocycles. The highest BCUT2D eigenvalue weighted by Gasteiger charge is 2.28. The summed E-state index contributed by atoms with van der Waals surface area (Å²) in [6, 6.07) is 7.04. The molecule has 84 valence electrons. The van der Waals surface area contributed by atoms with Crippen LogP contribution in [0.15, 0.2) is 35.9 Å². The maximum Gasteiger partial charge on any atom is 0.342 e. The number of carbonyl (C=O) groups excluding carboxylic acids is 1. The number of ketones is 1. The van der Waals surface area contributed by atoms with Gasteiger partial charge < -0.3 is 0 Å². The normalized spacial score (nSPS) is 18.7. The molecule has 0 heterocycles. The predicted octanol–water partition coefficient (Wildman–Crippen LogP) is 3.57. The molecule has 0 aromatic heterocycles. The van der Waals surface area contributed by atoms with Crippen LogP contribution < -0.4 is 0 Å². The molecule has 0 unspecified atom stereocenters. The van der Waals surface area contributed by atoms with Gasteiger partial charge in [-0.05, 0) is 30.0 Å². The van der Waals surface area contributed by atoms with Gasteiger partial charge in [0, 0.05) is 17.2 Å². The summed E-state index contributed by atoms with van der Waals surface area (Å²) in [6.07, 6.45) is 1.46. The molecule has 1 aromatic carbocycles. The molecule has 0 bridgehead atoms. The highest BCUT2D eigenvalue weighted by atomic mass is 35.5. The fraction of sp³-hybridized carbons (Fsp3) is 0.250. The molecule has 4 heteroatoms. The summed E-state index contributed by atoms with van der Waals surface area (Å²) in [5.74, 6) is -0.345. The van der Waals surface area contributed by atoms with Crippen molar-refractivity contribution in [1.29, 1.82) is 0 Å². The molecule has 0 spiro atoms. The van der Waals surface area contributed by atoms with Crippen LogP contribution in [-0.4, -0.2) is 11.2 Å². The summed E-state index contributed by atoms with van der Waals surface area (Å²) in [6.45, 7) is 0. The molecule has 1 aliphatic carbocycles. The Morgan fingerprint density at radius 1 is 1.25 bits per heavy atom. The van der Waals surface area contributed by atoms with Gasteiger partial charge in [-0.25, -0.2) is 0 Å². The molecule has 1 aromatic rings. The Morgan fingerprint density at radius 3 is 2.62 bits per heavy atom. The second-order valence-corrected chi connectivity index (χ2v) is 4.20. The molecule has 1 aliphatic rings. The van der Waals surface area contributed by atoms with Crippen molar-refractivity contribution in [3.8, 4) is 0 Å². The Balaban J connectivity index is 2.39. The van der Waals surface area contributed by atoms with Crippen LogP contribution in [0.25, 0.3) is 0 Å². The Hall–Kier alpha value is -1.22. The number of halogens is 3. The minimum Gasteiger partial charge on any atom is -0.289 e. The lowest BCUT2D eigenvalue weighted by atomic mass is 9.87. The van der Waals surface area contributed by atoms with E-state index in [0.717, 1.165) is 5.56 Å². The van der Waals surface area contributed by atoms with E-state index < -0.39 is 5.38 Å². The van der Waals surface area contributed by atoms with Crippen molar-refractivity contribution in [2.75, 3.05) is 0 Å². The second-order valence-electron chi connectivity index (χ2n) is 3.70. The van der Waals surface area contributed by atoms with Gasteiger partial charge in [-0.2, -0.15) is 8.78 Å². The number of hydrogen-bond donors (Lipinski definition) is 0. The Bertz CT molecular complexity index is 460. The summed E-state index contributed by atoms with van der Waals surface area (Å²) in [5.41, 5.74) is 1.50. The summed E-state index contributed by atoms with van der Waals surface area (Å²) in [5, 5.41) is -3.45. The van der Waals surface area contributed by atoms with Gasteiger partial charge in [0.2, 0.25) is 0 Å². The SMILES string of the molecule is O=C1/C(=C/C(F)(F)Cl)CCc2ccccc21. The molecule has 2 rings (SSSR count). The highest BCUT2D eigenvalue weighted by molar-refractivity contribution is 6.23. The number of allylic oxidation sites excluding steroid dienone is 2. The fourth-order valence-corrected chi connectivity index (χ4v) is 1.98. The van der Waals surface area contributed by atoms with Crippen LogP contribution in [0.2, 0.25) is 0 Å². The number of hydrogen-bond acceptors (Lipinski definition) is 1. The van der Waals surface area contributed by atoms with E-state index >= 15 is 0 Å². The molecule has 0 saturated heterocycles. The first-order valence-electron chi connectivity index (χ1n) is 4.88. The molecule has 16 heavy (non-hydrogen) atoms. The smallest absolute Gasteiger partial charge is 0.289 e. The maximum atomic E-state index is 12.6. The van der Waals surface area contributed by atoms with Crippen molar-refractivity contribution >= 4 is 17.4 Å². The average molecular weight is 243 g/mol. The minimum atomic E-state index is -3.45. The lowest BCUT2D eigenvalue weighted by molar-refractivity contribution is 0.101. The van der Waals surface area contributed by atoms with E-state index in [1.165, 1.54) is 0 Å². The number of rotatable bonds is 1. The first-order valence-corrected chi connectivity index (χ1v) is 5.26. The Morgan fingerprint density at radius 2 is 1.94 bits per heavy atom. The zero-order chi connectivity index (χ0) is 11.8. The summed E-state index contributed by atoms with van der Waals surface area (Å²) < 4.78 is 25.2. The molecule has 0 amide bonds. The van der Waals surface area contributed by atoms with Crippen molar-refractivity contribution in [3.05, 3.63) is 47.0 Å². The van der Waals surface area contributed by atoms with Crippen LogP contribution in [0.5, 0.6) is 0 Å². The largest absolute Gasteiger partial charge is 0.342 e. The van der Waals surface area contributed by atoms with E-state index in [1.807, 2.05) is 12.1 Å². The molecule has 0 radical (unpaired) electrons. The van der Waals surface area contributed by atoms with Crippen LogP contribution in [0.3, 0.4) is 0 Å². The summed E-state index contributed by atoms with van der Waals surface area (Å²) in [4.78, 5) is 11.8. The van der Waals surface area contributed by atoms with E-state index in [0.29, 0.717) is 24.5 Å². The van der Waals surface area contributed by atoms with Crippen LogP contribution in [0.4, 0.5) is 8.78 Å². The number of aryl methyl sites for hydroxylation is 1. The fourth-order valence-electron chi connectivity index (χ4n) is 1.85. The van der Waals surface area contributed by atoms with Gasteiger partial charge in [0.1, 0.15) is 0 Å². The first kappa shape index (κ1) is 11.3. The van der Waals surface area contributed by atoms with Gasteiger partial charge >= 0.3 is 5.38 Å². The molecular formula is C12H9ClF2O. The van der Waals surface area contributed by atoms with Gasteiger partial charge in [-0.15, -0.1) is 0 Å². The molecule has 0 saturated carbocycles. The average Bonchev–Trinajstić information content (AvgIpc) is 2.21. The van der Waals surface area contributed by atoms with Crippen molar-refractivity contribution in [1.82, 2.24) is 0 Å². The summed E-state index contributed by atoms with van der Waals surface area (Å²) >= 11 is 4.80. The lowest BCUT2D eigenvalue weighted by Gasteiger charge is -2.17. The zero-order valence-corrected chi connectivity index (χ0v) is 9.10. The van der Waals surface area contributed by atoms with E-state index in [4.69, 9.17) is 11.6 Å². The predicted molar refractivity (Wildman–Crippen MR) is 58.0 cm³/mol. The maximum absolute atomic E-state index is 12.6. The van der Waals surface area contributed by atoms with E-state index in [9.17, 15) is 13.6 Å². The van der Waals surface area contributed by atoms with Gasteiger partial charge in [-0.1, -0.05) is 24.3 Å². The van der Waals surface area contributed by atoms with Gasteiger partial charge in [0.15, 0.2) is 5.78 Å². The third-order valence-corrected chi connectivity index (χ3v) is 2.66. The quantitative estimate of drug-likeness (QED) is 0.544. The van der Waals surface area contributed by atoms with Crippen molar-refractivity contribution in [2.45, 2.75) is 18.2 Å². The number of fused-ring (bicyclic) bond motifs is 1. The highest BCUT2D eigenvalue weighted by Crippen LogP contribution is 2.29. The lowest BCUT2D eigenvalue weighted by Crippen LogP contribution is -2.16. The molecule has 0 N–H and O–H groups in total. The van der Waals surface area contributed by atoms with Gasteiger partial charge in [-0.3, -0.25) is 4.79 Å². The molecule has 1 nitrogen and oxygen atoms in total. The second kappa shape index (κ2) is 3.98. The number of alkyl halides is 3. The van der Waals surface area contributed by atoms with E-state index in [-0.39, 0.29) is 11.4 Å². The third-order valence-electron chi connectivity index (χ3n) is 2.56. The first-order chi connectivity index (χ1) is 7.47. The van der Waals surface area contributed by atoms with Crippen molar-refractivity contribution in [3.63, 3.8) is 0 Å². The third kappa shape index (κ3) is 2.30. The molecule has 0 atom stereocenters. The standard InChI is InChI=1S/C12H9ClF2O/c13-12(14,15)7-9-6-5-8-3-1-2-4-10(8)11(9)16/h1-4,7H,5-6H2/b9-7+. The molecular weight excluding hydrogens is 234 g/mol. The summed E-state index contributed by atoms with van der Waals surface area (Å²) in [7, 11) is 0. The van der Waals surface area contributed by atoms with Crippen LogP contribution in [0, 0.1) is 0 Å². The van der Waals surface area contributed by atoms with Crippen molar-refractivity contribution in [2.24, 2.45) is 0 Å². The number of Topliss-reactive ketones (excluding diaryl/α,β-unsaturated/α-hetero) is 1. The number of carbonyl (C=O) groups is 1. The monoisotopic (exact) mass is 242 g/mol. The van der Waals surface area contributed by atoms with Crippen LogP contribution >= 0.6 is 11.6 Å². The zero-order valence-electron chi connectivity index (χ0n) is 8.34. The van der Waals surface area contributed by atoms with E-state index in [1.54, 1.807) is 12.1 Å². The van der Waals surface area contributed by atoms with Crippen molar-refractivity contribution < 1.29 is 13.6 Å². The van der Waals surface area contributed by atoms with Gasteiger partial charge in [0.05, 0.1) is 0 Å². The van der Waals surface area contributed by atoms with Crippen LogP contribution in [-0.2, 0) is 6.42 Å². The number of benzene rings is 1. The van der Waals surface area contributed by atoms with Crippen LogP contribution in [0.1, 0.15) is 22.3 Å². The Kier molecular flexibility index (Phi) is 2.80. The minimum absolute atomic E-state index is 0.0960. The molecule has 0 fully saturated rings. The Labute approximate surface area is 96.7 Å². The topological polar surface area (TPSA) is 17.1 Å².